The summed E-state index contributed by atoms with van der Waals surface area (Å²) in [5.41, 5.74) is -0.465. The zero-order valence-electron chi connectivity index (χ0n) is 8.96. The number of nitrogens with one attached hydrogen (secondary N) is 1. The molecule has 2 unspecified atom stereocenters. The topological polar surface area (TPSA) is 41.5 Å². The number of hydrogen-bond donors (Lipinski definition) is 2. The van der Waals surface area contributed by atoms with E-state index in [9.17, 15) is 5.11 Å². The van der Waals surface area contributed by atoms with Crippen molar-refractivity contribution in [2.75, 3.05) is 26.3 Å². The summed E-state index contributed by atoms with van der Waals surface area (Å²) in [6.07, 6.45) is 3.11. The summed E-state index contributed by atoms with van der Waals surface area (Å²) in [6.45, 7) is 5.66. The molecule has 0 amide bonds. The molecule has 0 bridgehead atoms. The summed E-state index contributed by atoms with van der Waals surface area (Å²) in [5, 5.41) is 13.7. The number of rotatable bonds is 1. The summed E-state index contributed by atoms with van der Waals surface area (Å²) in [4.78, 5) is 0. The average molecular weight is 199 g/mol. The van der Waals surface area contributed by atoms with Crippen LogP contribution in [0.15, 0.2) is 0 Å². The number of hydrogen-bond acceptors (Lipinski definition) is 3. The summed E-state index contributed by atoms with van der Waals surface area (Å²) < 4.78 is 5.36. The number of piperidine rings is 1. The molecule has 3 nitrogen and oxygen atoms in total. The van der Waals surface area contributed by atoms with E-state index in [1.165, 1.54) is 0 Å². The number of ether oxygens (including phenoxy) is 1. The van der Waals surface area contributed by atoms with Crippen LogP contribution < -0.4 is 5.32 Å². The second kappa shape index (κ2) is 4.17. The molecule has 0 spiro atoms. The Kier molecular flexibility index (Phi) is 3.10. The van der Waals surface area contributed by atoms with E-state index in [4.69, 9.17) is 4.74 Å². The Balaban J connectivity index is 1.99. The van der Waals surface area contributed by atoms with Crippen LogP contribution in [0.4, 0.5) is 0 Å². The molecule has 0 aliphatic carbocycles. The van der Waals surface area contributed by atoms with Gasteiger partial charge in [0, 0.05) is 25.7 Å². The first-order chi connectivity index (χ1) is 6.70. The van der Waals surface area contributed by atoms with Gasteiger partial charge in [0.25, 0.3) is 0 Å². The molecule has 0 aromatic rings. The first-order valence-corrected chi connectivity index (χ1v) is 5.71. The van der Waals surface area contributed by atoms with Crippen molar-refractivity contribution < 1.29 is 9.84 Å². The van der Waals surface area contributed by atoms with Crippen molar-refractivity contribution in [1.29, 1.82) is 0 Å². The predicted molar refractivity (Wildman–Crippen MR) is 55.1 cm³/mol. The van der Waals surface area contributed by atoms with Gasteiger partial charge in [0.1, 0.15) is 0 Å². The first kappa shape index (κ1) is 10.4. The highest BCUT2D eigenvalue weighted by Crippen LogP contribution is 2.35. The van der Waals surface area contributed by atoms with E-state index < -0.39 is 5.60 Å². The average Bonchev–Trinajstić information content (AvgIpc) is 2.18. The van der Waals surface area contributed by atoms with E-state index in [1.807, 2.05) is 6.92 Å². The highest BCUT2D eigenvalue weighted by molar-refractivity contribution is 4.92. The fourth-order valence-corrected chi connectivity index (χ4v) is 2.80. The Hall–Kier alpha value is -0.120. The van der Waals surface area contributed by atoms with E-state index in [0.29, 0.717) is 11.8 Å². The Morgan fingerprint density at radius 2 is 2.07 bits per heavy atom. The van der Waals surface area contributed by atoms with Gasteiger partial charge in [-0.25, -0.2) is 0 Å². The maximum Gasteiger partial charge on any atom is 0.0674 e. The molecule has 0 saturated carbocycles. The molecule has 0 radical (unpaired) electrons. The molecule has 2 heterocycles. The van der Waals surface area contributed by atoms with Gasteiger partial charge in [0.15, 0.2) is 0 Å². The third-order valence-electron chi connectivity index (χ3n) is 3.81. The molecule has 2 saturated heterocycles. The second-order valence-electron chi connectivity index (χ2n) is 4.87. The molecule has 3 heteroatoms. The summed E-state index contributed by atoms with van der Waals surface area (Å²) >= 11 is 0. The monoisotopic (exact) mass is 199 g/mol. The quantitative estimate of drug-likeness (QED) is 0.655. The molecule has 2 fully saturated rings. The van der Waals surface area contributed by atoms with Gasteiger partial charge in [-0.3, -0.25) is 0 Å². The summed E-state index contributed by atoms with van der Waals surface area (Å²) in [7, 11) is 0. The number of aliphatic hydroxyl groups is 1. The minimum atomic E-state index is -0.465. The molecule has 2 aliphatic heterocycles. The molecular formula is C11H21NO2. The molecule has 2 rings (SSSR count). The highest BCUT2D eigenvalue weighted by Gasteiger charge is 2.39. The van der Waals surface area contributed by atoms with Crippen molar-refractivity contribution in [3.8, 4) is 0 Å². The van der Waals surface area contributed by atoms with Crippen molar-refractivity contribution in [2.24, 2.45) is 11.8 Å². The standard InChI is InChI=1S/C11H21NO2/c1-11(13)4-5-12-8-10(11)9-2-6-14-7-3-9/h9-10,12-13H,2-8H2,1H3. The van der Waals surface area contributed by atoms with Gasteiger partial charge in [-0.15, -0.1) is 0 Å². The van der Waals surface area contributed by atoms with Gasteiger partial charge in [0.05, 0.1) is 5.60 Å². The molecule has 2 atom stereocenters. The van der Waals surface area contributed by atoms with Crippen molar-refractivity contribution in [3.63, 3.8) is 0 Å². The fraction of sp³-hybridized carbons (Fsp3) is 1.00. The Labute approximate surface area is 85.8 Å². The van der Waals surface area contributed by atoms with Gasteiger partial charge >= 0.3 is 0 Å². The zero-order chi connectivity index (χ0) is 10.0. The van der Waals surface area contributed by atoms with E-state index in [0.717, 1.165) is 45.6 Å². The molecule has 0 aromatic carbocycles. The third kappa shape index (κ3) is 2.10. The largest absolute Gasteiger partial charge is 0.390 e. The van der Waals surface area contributed by atoms with E-state index in [1.54, 1.807) is 0 Å². The van der Waals surface area contributed by atoms with Crippen LogP contribution in [0.5, 0.6) is 0 Å². The predicted octanol–water partition coefficient (Wildman–Crippen LogP) is 0.773. The molecule has 2 N–H and O–H groups in total. The fourth-order valence-electron chi connectivity index (χ4n) is 2.80. The second-order valence-corrected chi connectivity index (χ2v) is 4.87. The van der Waals surface area contributed by atoms with Crippen LogP contribution in [0.3, 0.4) is 0 Å². The smallest absolute Gasteiger partial charge is 0.0674 e. The van der Waals surface area contributed by atoms with Crippen LogP contribution in [0.25, 0.3) is 0 Å². The molecular weight excluding hydrogens is 178 g/mol. The lowest BCUT2D eigenvalue weighted by Gasteiger charge is -2.43. The van der Waals surface area contributed by atoms with Crippen LogP contribution in [-0.2, 0) is 4.74 Å². The molecule has 82 valence electrons. The van der Waals surface area contributed by atoms with E-state index >= 15 is 0 Å². The zero-order valence-corrected chi connectivity index (χ0v) is 8.96. The Bertz CT molecular complexity index is 188. The van der Waals surface area contributed by atoms with Gasteiger partial charge in [-0.05, 0) is 38.6 Å². The van der Waals surface area contributed by atoms with Gasteiger partial charge < -0.3 is 15.2 Å². The highest BCUT2D eigenvalue weighted by atomic mass is 16.5. The lowest BCUT2D eigenvalue weighted by atomic mass is 9.72. The van der Waals surface area contributed by atoms with Crippen molar-refractivity contribution >= 4 is 0 Å². The first-order valence-electron chi connectivity index (χ1n) is 5.71. The van der Waals surface area contributed by atoms with Gasteiger partial charge in [-0.2, -0.15) is 0 Å². The van der Waals surface area contributed by atoms with E-state index in [2.05, 4.69) is 5.32 Å². The maximum absolute atomic E-state index is 10.3. The van der Waals surface area contributed by atoms with Crippen molar-refractivity contribution in [1.82, 2.24) is 5.32 Å². The van der Waals surface area contributed by atoms with Crippen molar-refractivity contribution in [3.05, 3.63) is 0 Å². The van der Waals surface area contributed by atoms with Gasteiger partial charge in [-0.1, -0.05) is 0 Å². The summed E-state index contributed by atoms with van der Waals surface area (Å²) in [5.74, 6) is 1.06. The lowest BCUT2D eigenvalue weighted by molar-refractivity contribution is -0.0703. The SMILES string of the molecule is CC1(O)CCNCC1C1CCOCC1. The van der Waals surface area contributed by atoms with Crippen LogP contribution in [0, 0.1) is 11.8 Å². The maximum atomic E-state index is 10.3. The molecule has 14 heavy (non-hydrogen) atoms. The van der Waals surface area contributed by atoms with Crippen LogP contribution in [0.2, 0.25) is 0 Å². The lowest BCUT2D eigenvalue weighted by Crippen LogP contribution is -2.52. The van der Waals surface area contributed by atoms with Crippen molar-refractivity contribution in [2.45, 2.75) is 31.8 Å². The molecule has 2 aliphatic rings. The Morgan fingerprint density at radius 1 is 1.36 bits per heavy atom. The summed E-state index contributed by atoms with van der Waals surface area (Å²) in [6, 6.07) is 0. The normalized spacial score (nSPS) is 41.1. The minimum Gasteiger partial charge on any atom is -0.390 e. The molecule has 0 aromatic heterocycles. The third-order valence-corrected chi connectivity index (χ3v) is 3.81. The van der Waals surface area contributed by atoms with E-state index in [-0.39, 0.29) is 0 Å². The van der Waals surface area contributed by atoms with Crippen LogP contribution in [-0.4, -0.2) is 37.0 Å². The Morgan fingerprint density at radius 3 is 2.71 bits per heavy atom. The van der Waals surface area contributed by atoms with Crippen LogP contribution in [0.1, 0.15) is 26.2 Å². The van der Waals surface area contributed by atoms with Crippen LogP contribution >= 0.6 is 0 Å². The van der Waals surface area contributed by atoms with Gasteiger partial charge in [0.2, 0.25) is 0 Å². The minimum absolute atomic E-state index is 0.417.